The molecule has 6 nitrogen and oxygen atoms in total. The SMILES string of the molecule is COCCOC(=O)c1sc2nc(C(C)C)n(CCF)c(=O)c2c1C. The molecule has 24 heavy (non-hydrogen) atoms. The first-order chi connectivity index (χ1) is 11.4. The Labute approximate surface area is 143 Å². The molecule has 132 valence electrons. The molecule has 0 aliphatic heterocycles. The summed E-state index contributed by atoms with van der Waals surface area (Å²) < 4.78 is 24.2. The number of esters is 1. The highest BCUT2D eigenvalue weighted by Crippen LogP contribution is 2.29. The monoisotopic (exact) mass is 356 g/mol. The third-order valence-electron chi connectivity index (χ3n) is 3.61. The molecular formula is C16H21FN2O4S. The van der Waals surface area contributed by atoms with E-state index >= 15 is 0 Å². The molecule has 0 atom stereocenters. The minimum absolute atomic E-state index is 0.0341. The first kappa shape index (κ1) is 18.5. The number of rotatable bonds is 7. The minimum Gasteiger partial charge on any atom is -0.459 e. The summed E-state index contributed by atoms with van der Waals surface area (Å²) in [5, 5.41) is 0.358. The van der Waals surface area contributed by atoms with Gasteiger partial charge in [-0.05, 0) is 12.5 Å². The number of aryl methyl sites for hydroxylation is 1. The van der Waals surface area contributed by atoms with E-state index in [4.69, 9.17) is 9.47 Å². The van der Waals surface area contributed by atoms with Gasteiger partial charge in [-0.25, -0.2) is 14.2 Å². The number of carbonyl (C=O) groups excluding carboxylic acids is 1. The number of thiophene rings is 1. The zero-order valence-corrected chi connectivity index (χ0v) is 15.0. The van der Waals surface area contributed by atoms with Crippen molar-refractivity contribution in [2.75, 3.05) is 27.0 Å². The van der Waals surface area contributed by atoms with Crippen molar-refractivity contribution in [2.24, 2.45) is 0 Å². The molecule has 0 spiro atoms. The Morgan fingerprint density at radius 3 is 2.67 bits per heavy atom. The van der Waals surface area contributed by atoms with Gasteiger partial charge in [0, 0.05) is 13.0 Å². The van der Waals surface area contributed by atoms with E-state index in [2.05, 4.69) is 4.98 Å². The van der Waals surface area contributed by atoms with Crippen LogP contribution in [0.2, 0.25) is 0 Å². The van der Waals surface area contributed by atoms with Gasteiger partial charge in [-0.2, -0.15) is 0 Å². The fourth-order valence-electron chi connectivity index (χ4n) is 2.45. The van der Waals surface area contributed by atoms with E-state index in [0.717, 1.165) is 11.3 Å². The summed E-state index contributed by atoms with van der Waals surface area (Å²) in [6.07, 6.45) is 0. The molecule has 2 heterocycles. The van der Waals surface area contributed by atoms with E-state index < -0.39 is 12.6 Å². The fourth-order valence-corrected chi connectivity index (χ4v) is 3.52. The maximum atomic E-state index is 12.8. The lowest BCUT2D eigenvalue weighted by molar-refractivity contribution is 0.0393. The topological polar surface area (TPSA) is 70.4 Å². The highest BCUT2D eigenvalue weighted by Gasteiger charge is 2.23. The summed E-state index contributed by atoms with van der Waals surface area (Å²) in [6, 6.07) is 0. The van der Waals surface area contributed by atoms with Crippen LogP contribution in [-0.4, -0.2) is 42.5 Å². The van der Waals surface area contributed by atoms with Gasteiger partial charge in [0.05, 0.1) is 18.5 Å². The molecule has 0 N–H and O–H groups in total. The van der Waals surface area contributed by atoms with Crippen molar-refractivity contribution < 1.29 is 18.7 Å². The third-order valence-corrected chi connectivity index (χ3v) is 4.78. The van der Waals surface area contributed by atoms with Crippen molar-refractivity contribution in [2.45, 2.75) is 33.2 Å². The van der Waals surface area contributed by atoms with E-state index in [1.807, 2.05) is 13.8 Å². The number of hydrogen-bond acceptors (Lipinski definition) is 6. The Kier molecular flexibility index (Phi) is 6.06. The Hall–Kier alpha value is -1.80. The maximum absolute atomic E-state index is 12.8. The standard InChI is InChI=1S/C16H21FN2O4S/c1-9(2)13-18-14-11(15(20)19(13)6-5-17)10(3)12(24-14)16(21)23-8-7-22-4/h9H,5-8H2,1-4H3. The van der Waals surface area contributed by atoms with Gasteiger partial charge in [-0.3, -0.25) is 9.36 Å². The van der Waals surface area contributed by atoms with Crippen LogP contribution >= 0.6 is 11.3 Å². The molecule has 0 saturated carbocycles. The van der Waals surface area contributed by atoms with Crippen LogP contribution in [0.1, 0.15) is 40.8 Å². The van der Waals surface area contributed by atoms with Crippen molar-refractivity contribution in [1.29, 1.82) is 0 Å². The number of alkyl halides is 1. The molecular weight excluding hydrogens is 335 g/mol. The molecule has 0 saturated heterocycles. The predicted octanol–water partition coefficient (Wildman–Crippen LogP) is 2.66. The molecule has 0 amide bonds. The van der Waals surface area contributed by atoms with Gasteiger partial charge >= 0.3 is 5.97 Å². The van der Waals surface area contributed by atoms with Crippen LogP contribution in [0.15, 0.2) is 4.79 Å². The van der Waals surface area contributed by atoms with Crippen LogP contribution in [0, 0.1) is 6.92 Å². The molecule has 0 fully saturated rings. The number of carbonyl (C=O) groups is 1. The lowest BCUT2D eigenvalue weighted by Gasteiger charge is -2.13. The Balaban J connectivity index is 2.56. The van der Waals surface area contributed by atoms with Crippen molar-refractivity contribution in [3.05, 3.63) is 26.6 Å². The van der Waals surface area contributed by atoms with Crippen LogP contribution < -0.4 is 5.56 Å². The number of hydrogen-bond donors (Lipinski definition) is 0. The second-order valence-electron chi connectivity index (χ2n) is 5.64. The number of fused-ring (bicyclic) bond motifs is 1. The van der Waals surface area contributed by atoms with Gasteiger partial charge < -0.3 is 9.47 Å². The molecule has 2 aromatic heterocycles. The maximum Gasteiger partial charge on any atom is 0.348 e. The van der Waals surface area contributed by atoms with Gasteiger partial charge in [-0.1, -0.05) is 13.8 Å². The number of methoxy groups -OCH3 is 1. The van der Waals surface area contributed by atoms with Gasteiger partial charge in [0.25, 0.3) is 5.56 Å². The average Bonchev–Trinajstić information content (AvgIpc) is 2.87. The third kappa shape index (κ3) is 3.49. The quantitative estimate of drug-likeness (QED) is 0.563. The van der Waals surface area contributed by atoms with E-state index in [9.17, 15) is 14.0 Å². The Bertz CT molecular complexity index is 797. The zero-order chi connectivity index (χ0) is 17.9. The largest absolute Gasteiger partial charge is 0.459 e. The van der Waals surface area contributed by atoms with Gasteiger partial charge in [0.2, 0.25) is 0 Å². The first-order valence-corrected chi connectivity index (χ1v) is 8.49. The van der Waals surface area contributed by atoms with Crippen LogP contribution in [0.3, 0.4) is 0 Å². The van der Waals surface area contributed by atoms with E-state index in [0.29, 0.717) is 33.1 Å². The molecule has 0 aliphatic carbocycles. The van der Waals surface area contributed by atoms with E-state index in [1.165, 1.54) is 11.7 Å². The summed E-state index contributed by atoms with van der Waals surface area (Å²) in [5.41, 5.74) is 0.212. The number of aromatic nitrogens is 2. The van der Waals surface area contributed by atoms with Crippen LogP contribution in [0.25, 0.3) is 10.2 Å². The Morgan fingerprint density at radius 1 is 1.38 bits per heavy atom. The van der Waals surface area contributed by atoms with Crippen LogP contribution in [0.5, 0.6) is 0 Å². The smallest absolute Gasteiger partial charge is 0.348 e. The van der Waals surface area contributed by atoms with Crippen molar-refractivity contribution in [3.63, 3.8) is 0 Å². The molecule has 8 heteroatoms. The van der Waals surface area contributed by atoms with Crippen molar-refractivity contribution in [3.8, 4) is 0 Å². The lowest BCUT2D eigenvalue weighted by atomic mass is 10.1. The second kappa shape index (κ2) is 7.85. The lowest BCUT2D eigenvalue weighted by Crippen LogP contribution is -2.26. The summed E-state index contributed by atoms with van der Waals surface area (Å²) in [7, 11) is 1.52. The molecule has 0 bridgehead atoms. The summed E-state index contributed by atoms with van der Waals surface area (Å²) in [4.78, 5) is 30.3. The summed E-state index contributed by atoms with van der Waals surface area (Å²) in [6.45, 7) is 5.21. The van der Waals surface area contributed by atoms with Crippen LogP contribution in [0.4, 0.5) is 4.39 Å². The molecule has 2 aromatic rings. The average molecular weight is 356 g/mol. The first-order valence-electron chi connectivity index (χ1n) is 7.68. The molecule has 2 rings (SSSR count). The molecule has 0 radical (unpaired) electrons. The Morgan fingerprint density at radius 2 is 2.08 bits per heavy atom. The minimum atomic E-state index is -0.651. The number of nitrogens with zero attached hydrogens (tertiary/aromatic N) is 2. The van der Waals surface area contributed by atoms with Crippen molar-refractivity contribution in [1.82, 2.24) is 9.55 Å². The van der Waals surface area contributed by atoms with Crippen molar-refractivity contribution >= 4 is 27.5 Å². The molecule has 0 unspecified atom stereocenters. The predicted molar refractivity (Wildman–Crippen MR) is 90.8 cm³/mol. The van der Waals surface area contributed by atoms with Crippen LogP contribution in [-0.2, 0) is 16.0 Å². The molecule has 0 aromatic carbocycles. The van der Waals surface area contributed by atoms with Gasteiger partial charge in [-0.15, -0.1) is 11.3 Å². The summed E-state index contributed by atoms with van der Waals surface area (Å²) in [5.74, 6) is -0.0195. The summed E-state index contributed by atoms with van der Waals surface area (Å²) >= 11 is 1.13. The highest BCUT2D eigenvalue weighted by molar-refractivity contribution is 7.20. The zero-order valence-electron chi connectivity index (χ0n) is 14.2. The normalized spacial score (nSPS) is 11.4. The highest BCUT2D eigenvalue weighted by atomic mass is 32.1. The number of ether oxygens (including phenoxy) is 2. The number of halogens is 1. The van der Waals surface area contributed by atoms with Gasteiger partial charge in [0.15, 0.2) is 0 Å². The second-order valence-corrected chi connectivity index (χ2v) is 6.63. The fraction of sp³-hybridized carbons (Fsp3) is 0.562. The molecule has 0 aliphatic rings. The van der Waals surface area contributed by atoms with Gasteiger partial charge in [0.1, 0.15) is 28.8 Å². The van der Waals surface area contributed by atoms with E-state index in [-0.39, 0.29) is 24.6 Å². The van der Waals surface area contributed by atoms with E-state index in [1.54, 1.807) is 6.92 Å².